The third-order valence-electron chi connectivity index (χ3n) is 3.04. The predicted octanol–water partition coefficient (Wildman–Crippen LogP) is 2.48. The summed E-state index contributed by atoms with van der Waals surface area (Å²) in [5, 5.41) is 8.09. The van der Waals surface area contributed by atoms with Gasteiger partial charge in [-0.25, -0.2) is 8.42 Å². The van der Waals surface area contributed by atoms with E-state index in [4.69, 9.17) is 5.11 Å². The van der Waals surface area contributed by atoms with E-state index in [1.165, 1.54) is 6.92 Å². The van der Waals surface area contributed by atoms with E-state index in [2.05, 4.69) is 4.72 Å². The average Bonchev–Trinajstić information content (AvgIpc) is 2.47. The molecule has 0 saturated carbocycles. The van der Waals surface area contributed by atoms with Crippen molar-refractivity contribution in [1.29, 1.82) is 0 Å². The fourth-order valence-electron chi connectivity index (χ4n) is 1.72. The van der Waals surface area contributed by atoms with Crippen LogP contribution in [-0.2, 0) is 10.0 Å². The predicted molar refractivity (Wildman–Crippen MR) is 81.0 cm³/mol. The average molecular weight is 291 g/mol. The third kappa shape index (κ3) is 3.37. The van der Waals surface area contributed by atoms with Gasteiger partial charge in [-0.2, -0.15) is 0 Å². The van der Waals surface area contributed by atoms with Crippen molar-refractivity contribution in [3.63, 3.8) is 0 Å². The van der Waals surface area contributed by atoms with Crippen LogP contribution in [0.1, 0.15) is 6.92 Å². The maximum absolute atomic E-state index is 11.8. The van der Waals surface area contributed by atoms with E-state index in [9.17, 15) is 8.42 Å². The normalized spacial score (nSPS) is 12.9. The van der Waals surface area contributed by atoms with Gasteiger partial charge in [0.2, 0.25) is 10.0 Å². The van der Waals surface area contributed by atoms with E-state index < -0.39 is 21.9 Å². The van der Waals surface area contributed by atoms with E-state index in [-0.39, 0.29) is 0 Å². The van der Waals surface area contributed by atoms with Crippen LogP contribution in [0.4, 0.5) is 5.69 Å². The number of anilines is 1. The first-order valence-corrected chi connectivity index (χ1v) is 7.85. The zero-order chi connectivity index (χ0) is 14.6. The summed E-state index contributed by atoms with van der Waals surface area (Å²) in [6, 6.07) is 17.0. The lowest BCUT2D eigenvalue weighted by Gasteiger charge is -2.12. The van der Waals surface area contributed by atoms with E-state index in [0.717, 1.165) is 11.1 Å². The van der Waals surface area contributed by atoms with Crippen molar-refractivity contribution in [3.05, 3.63) is 54.6 Å². The summed E-state index contributed by atoms with van der Waals surface area (Å²) in [4.78, 5) is 0. The van der Waals surface area contributed by atoms with E-state index in [1.807, 2.05) is 42.5 Å². The molecular formula is C15H17NO3S. The molecule has 1 unspecified atom stereocenters. The molecule has 0 aliphatic rings. The Kier molecular flexibility index (Phi) is 4.42. The number of hydrogen-bond donors (Lipinski definition) is 2. The molecule has 2 N–H and O–H groups in total. The van der Waals surface area contributed by atoms with Crippen molar-refractivity contribution < 1.29 is 13.5 Å². The largest absolute Gasteiger partial charge is 0.395 e. The Balaban J connectivity index is 2.18. The van der Waals surface area contributed by atoms with Gasteiger partial charge in [-0.15, -0.1) is 0 Å². The fraction of sp³-hybridized carbons (Fsp3) is 0.200. The second-order valence-corrected chi connectivity index (χ2v) is 6.68. The van der Waals surface area contributed by atoms with E-state index in [0.29, 0.717) is 5.69 Å². The van der Waals surface area contributed by atoms with E-state index >= 15 is 0 Å². The summed E-state index contributed by atoms with van der Waals surface area (Å²) in [5.74, 6) is 0. The summed E-state index contributed by atoms with van der Waals surface area (Å²) >= 11 is 0. The summed E-state index contributed by atoms with van der Waals surface area (Å²) in [6.45, 7) is 1.05. The highest BCUT2D eigenvalue weighted by atomic mass is 32.2. The minimum Gasteiger partial charge on any atom is -0.395 e. The van der Waals surface area contributed by atoms with Crippen LogP contribution in [-0.4, -0.2) is 25.4 Å². The molecule has 0 fully saturated rings. The maximum atomic E-state index is 11.8. The standard InChI is InChI=1S/C15H17NO3S/c1-12(11-17)20(18,19)16-15-9-7-14(8-10-15)13-5-3-2-4-6-13/h2-10,12,16-17H,11H2,1H3. The Morgan fingerprint density at radius 3 is 2.10 bits per heavy atom. The first kappa shape index (κ1) is 14.6. The van der Waals surface area contributed by atoms with Crippen molar-refractivity contribution in [2.24, 2.45) is 0 Å². The number of rotatable bonds is 5. The van der Waals surface area contributed by atoms with E-state index in [1.54, 1.807) is 12.1 Å². The van der Waals surface area contributed by atoms with Crippen LogP contribution in [0, 0.1) is 0 Å². The first-order valence-electron chi connectivity index (χ1n) is 6.31. The Morgan fingerprint density at radius 2 is 1.55 bits per heavy atom. The Labute approximate surface area is 119 Å². The van der Waals surface area contributed by atoms with Crippen LogP contribution >= 0.6 is 0 Å². The van der Waals surface area contributed by atoms with Gasteiger partial charge in [0.1, 0.15) is 5.25 Å². The number of benzene rings is 2. The first-order chi connectivity index (χ1) is 9.53. The lowest BCUT2D eigenvalue weighted by Crippen LogP contribution is -2.28. The smallest absolute Gasteiger partial charge is 0.237 e. The van der Waals surface area contributed by atoms with Crippen LogP contribution < -0.4 is 4.72 Å². The summed E-state index contributed by atoms with van der Waals surface area (Å²) in [5.41, 5.74) is 2.58. The highest BCUT2D eigenvalue weighted by Gasteiger charge is 2.19. The van der Waals surface area contributed by atoms with Crippen molar-refractivity contribution in [3.8, 4) is 11.1 Å². The Hall–Kier alpha value is -1.85. The van der Waals surface area contributed by atoms with Gasteiger partial charge < -0.3 is 5.11 Å². The van der Waals surface area contributed by atoms with Crippen LogP contribution in [0.15, 0.2) is 54.6 Å². The second kappa shape index (κ2) is 6.07. The molecule has 1 atom stereocenters. The van der Waals surface area contributed by atoms with Crippen LogP contribution in [0.3, 0.4) is 0 Å². The number of nitrogens with one attached hydrogen (secondary N) is 1. The lowest BCUT2D eigenvalue weighted by molar-refractivity contribution is 0.296. The van der Waals surface area contributed by atoms with Crippen molar-refractivity contribution >= 4 is 15.7 Å². The molecule has 0 radical (unpaired) electrons. The van der Waals surface area contributed by atoms with Crippen LogP contribution in [0.2, 0.25) is 0 Å². The molecule has 106 valence electrons. The number of hydrogen-bond acceptors (Lipinski definition) is 3. The molecule has 0 heterocycles. The SMILES string of the molecule is CC(CO)S(=O)(=O)Nc1ccc(-c2ccccc2)cc1. The molecule has 20 heavy (non-hydrogen) atoms. The Morgan fingerprint density at radius 1 is 1.00 bits per heavy atom. The molecule has 5 heteroatoms. The molecule has 4 nitrogen and oxygen atoms in total. The van der Waals surface area contributed by atoms with Gasteiger partial charge in [0.15, 0.2) is 0 Å². The molecule has 0 bridgehead atoms. The van der Waals surface area contributed by atoms with Gasteiger partial charge >= 0.3 is 0 Å². The lowest BCUT2D eigenvalue weighted by atomic mass is 10.1. The molecule has 0 saturated heterocycles. The summed E-state index contributed by atoms with van der Waals surface area (Å²) < 4.78 is 26.1. The minimum absolute atomic E-state index is 0.405. The topological polar surface area (TPSA) is 66.4 Å². The molecule has 2 aromatic rings. The van der Waals surface area contributed by atoms with Crippen molar-refractivity contribution in [2.45, 2.75) is 12.2 Å². The number of aliphatic hydroxyl groups excluding tert-OH is 1. The van der Waals surface area contributed by atoms with Crippen LogP contribution in [0.25, 0.3) is 11.1 Å². The fourth-order valence-corrected chi connectivity index (χ4v) is 2.59. The van der Waals surface area contributed by atoms with Crippen molar-refractivity contribution in [2.75, 3.05) is 11.3 Å². The molecule has 2 rings (SSSR count). The van der Waals surface area contributed by atoms with Crippen molar-refractivity contribution in [1.82, 2.24) is 0 Å². The monoisotopic (exact) mass is 291 g/mol. The minimum atomic E-state index is -3.54. The molecule has 0 aromatic heterocycles. The molecular weight excluding hydrogens is 274 g/mol. The highest BCUT2D eigenvalue weighted by molar-refractivity contribution is 7.93. The molecule has 0 aliphatic carbocycles. The van der Waals surface area contributed by atoms with Gasteiger partial charge in [-0.05, 0) is 30.2 Å². The second-order valence-electron chi connectivity index (χ2n) is 4.58. The molecule has 0 amide bonds. The number of sulfonamides is 1. The zero-order valence-corrected chi connectivity index (χ0v) is 12.0. The van der Waals surface area contributed by atoms with Crippen LogP contribution in [0.5, 0.6) is 0 Å². The van der Waals surface area contributed by atoms with Gasteiger partial charge in [-0.1, -0.05) is 42.5 Å². The number of aliphatic hydroxyl groups is 1. The van der Waals surface area contributed by atoms with Gasteiger partial charge in [-0.3, -0.25) is 4.72 Å². The third-order valence-corrected chi connectivity index (χ3v) is 4.77. The quantitative estimate of drug-likeness (QED) is 0.889. The highest BCUT2D eigenvalue weighted by Crippen LogP contribution is 2.21. The molecule has 0 aliphatic heterocycles. The Bertz CT molecular complexity index is 651. The zero-order valence-electron chi connectivity index (χ0n) is 11.2. The summed E-state index contributed by atoms with van der Waals surface area (Å²) in [6.07, 6.45) is 0. The van der Waals surface area contributed by atoms with Gasteiger partial charge in [0, 0.05) is 5.69 Å². The van der Waals surface area contributed by atoms with Gasteiger partial charge in [0.05, 0.1) is 6.61 Å². The molecule has 0 spiro atoms. The molecule has 2 aromatic carbocycles. The maximum Gasteiger partial charge on any atom is 0.237 e. The summed E-state index contributed by atoms with van der Waals surface area (Å²) in [7, 11) is -3.54. The van der Waals surface area contributed by atoms with Gasteiger partial charge in [0.25, 0.3) is 0 Å².